The molecule has 0 aliphatic carbocycles. The summed E-state index contributed by atoms with van der Waals surface area (Å²) in [6.07, 6.45) is 1.44. The second-order valence-electron chi connectivity index (χ2n) is 9.23. The zero-order chi connectivity index (χ0) is 22.8. The van der Waals surface area contributed by atoms with Gasteiger partial charge in [-0.05, 0) is 57.4 Å². The quantitative estimate of drug-likeness (QED) is 0.811. The molecule has 0 unspecified atom stereocenters. The molecule has 31 heavy (non-hydrogen) atoms. The fourth-order valence-corrected chi connectivity index (χ4v) is 3.67. The van der Waals surface area contributed by atoms with Gasteiger partial charge in [0.25, 0.3) is 5.56 Å². The second kappa shape index (κ2) is 9.14. The molecule has 1 amide bonds. The minimum absolute atomic E-state index is 0.206. The molecule has 3 rings (SSSR count). The predicted molar refractivity (Wildman–Crippen MR) is 120 cm³/mol. The molecule has 0 bridgehead atoms. The van der Waals surface area contributed by atoms with Crippen LogP contribution < -0.4 is 5.56 Å². The number of hydrogen-bond donors (Lipinski definition) is 1. The Labute approximate surface area is 183 Å². The zero-order valence-electron chi connectivity index (χ0n) is 19.1. The molecule has 1 aromatic heterocycles. The standard InChI is InChI=1S/C24H33N3O4/c1-17-7-6-8-19(18(17)2)16-27-10-9-20(21(28)22(27)29)15-25-11-13-26(14-12-25)23(30)31-24(3,4)5/h6-10,28H,11-16H2,1-5H3. The lowest BCUT2D eigenvalue weighted by Gasteiger charge is -2.35. The van der Waals surface area contributed by atoms with E-state index in [1.165, 1.54) is 5.56 Å². The number of hydrogen-bond acceptors (Lipinski definition) is 5. The normalized spacial score (nSPS) is 15.2. The number of carbonyl (C=O) groups is 1. The summed E-state index contributed by atoms with van der Waals surface area (Å²) in [6, 6.07) is 7.84. The van der Waals surface area contributed by atoms with E-state index in [9.17, 15) is 14.7 Å². The number of carbonyl (C=O) groups excluding carboxylic acids is 1. The molecule has 0 radical (unpaired) electrons. The smallest absolute Gasteiger partial charge is 0.410 e. The Morgan fingerprint density at radius 1 is 1.03 bits per heavy atom. The fourth-order valence-electron chi connectivity index (χ4n) is 3.67. The van der Waals surface area contributed by atoms with E-state index in [1.807, 2.05) is 58.9 Å². The van der Waals surface area contributed by atoms with E-state index in [1.54, 1.807) is 15.7 Å². The minimum atomic E-state index is -0.513. The van der Waals surface area contributed by atoms with Crippen molar-refractivity contribution >= 4 is 6.09 Å². The first-order valence-electron chi connectivity index (χ1n) is 10.7. The molecule has 7 heteroatoms. The third-order valence-corrected chi connectivity index (χ3v) is 5.70. The summed E-state index contributed by atoms with van der Waals surface area (Å²) >= 11 is 0. The Kier molecular flexibility index (Phi) is 6.74. The SMILES string of the molecule is Cc1cccc(Cn2ccc(CN3CCN(C(=O)OC(C)(C)C)CC3)c(O)c2=O)c1C. The summed E-state index contributed by atoms with van der Waals surface area (Å²) in [7, 11) is 0. The van der Waals surface area contributed by atoms with E-state index in [4.69, 9.17) is 4.74 Å². The molecule has 0 atom stereocenters. The summed E-state index contributed by atoms with van der Waals surface area (Å²) in [4.78, 5) is 28.8. The average Bonchev–Trinajstić information content (AvgIpc) is 2.70. The number of piperazine rings is 1. The number of nitrogens with zero attached hydrogens (tertiary/aromatic N) is 3. The van der Waals surface area contributed by atoms with E-state index in [2.05, 4.69) is 4.90 Å². The molecule has 7 nitrogen and oxygen atoms in total. The Bertz CT molecular complexity index is 999. The molecular weight excluding hydrogens is 394 g/mol. The number of rotatable bonds is 4. The van der Waals surface area contributed by atoms with Crippen LogP contribution in [0.25, 0.3) is 0 Å². The van der Waals surface area contributed by atoms with Crippen molar-refractivity contribution in [2.75, 3.05) is 26.2 Å². The van der Waals surface area contributed by atoms with Crippen LogP contribution in [0.5, 0.6) is 5.75 Å². The molecule has 1 saturated heterocycles. The molecule has 1 aliphatic rings. The van der Waals surface area contributed by atoms with Gasteiger partial charge in [0.1, 0.15) is 5.60 Å². The summed E-state index contributed by atoms with van der Waals surface area (Å²) in [5, 5.41) is 10.5. The van der Waals surface area contributed by atoms with Crippen LogP contribution in [0.3, 0.4) is 0 Å². The van der Waals surface area contributed by atoms with Gasteiger partial charge in [-0.2, -0.15) is 0 Å². The van der Waals surface area contributed by atoms with Gasteiger partial charge in [0.05, 0.1) is 6.54 Å². The summed E-state index contributed by atoms with van der Waals surface area (Å²) in [6.45, 7) is 13.0. The van der Waals surface area contributed by atoms with Gasteiger partial charge < -0.3 is 19.3 Å². The van der Waals surface area contributed by atoms with Crippen molar-refractivity contribution < 1.29 is 14.6 Å². The van der Waals surface area contributed by atoms with Gasteiger partial charge in [0.2, 0.25) is 0 Å². The lowest BCUT2D eigenvalue weighted by atomic mass is 10.0. The highest BCUT2D eigenvalue weighted by atomic mass is 16.6. The first kappa shape index (κ1) is 22.9. The van der Waals surface area contributed by atoms with Crippen LogP contribution in [-0.4, -0.2) is 57.3 Å². The molecule has 2 heterocycles. The highest BCUT2D eigenvalue weighted by molar-refractivity contribution is 5.68. The van der Waals surface area contributed by atoms with E-state index in [0.29, 0.717) is 44.8 Å². The Morgan fingerprint density at radius 3 is 2.35 bits per heavy atom. The average molecular weight is 428 g/mol. The lowest BCUT2D eigenvalue weighted by molar-refractivity contribution is 0.0138. The third-order valence-electron chi connectivity index (χ3n) is 5.70. The number of benzene rings is 1. The van der Waals surface area contributed by atoms with Crippen molar-refractivity contribution in [1.29, 1.82) is 0 Å². The van der Waals surface area contributed by atoms with Crippen LogP contribution in [0.4, 0.5) is 4.79 Å². The van der Waals surface area contributed by atoms with Crippen molar-refractivity contribution in [2.24, 2.45) is 0 Å². The first-order chi connectivity index (χ1) is 14.5. The van der Waals surface area contributed by atoms with Crippen molar-refractivity contribution in [3.63, 3.8) is 0 Å². The molecular formula is C24H33N3O4. The number of pyridine rings is 1. The first-order valence-corrected chi connectivity index (χ1v) is 10.7. The number of aryl methyl sites for hydroxylation is 1. The maximum atomic E-state index is 12.7. The van der Waals surface area contributed by atoms with Crippen LogP contribution in [0.1, 0.15) is 43.0 Å². The zero-order valence-corrected chi connectivity index (χ0v) is 19.1. The third kappa shape index (κ3) is 5.67. The van der Waals surface area contributed by atoms with Gasteiger partial charge >= 0.3 is 6.09 Å². The summed E-state index contributed by atoms with van der Waals surface area (Å²) in [5.41, 5.74) is 3.10. The molecule has 168 valence electrons. The van der Waals surface area contributed by atoms with Crippen molar-refractivity contribution in [1.82, 2.24) is 14.4 Å². The van der Waals surface area contributed by atoms with Crippen LogP contribution in [0.2, 0.25) is 0 Å². The van der Waals surface area contributed by atoms with Crippen LogP contribution in [0.15, 0.2) is 35.3 Å². The maximum Gasteiger partial charge on any atom is 0.410 e. The topological polar surface area (TPSA) is 75.0 Å². The van der Waals surface area contributed by atoms with Crippen LogP contribution >= 0.6 is 0 Å². The Hall–Kier alpha value is -2.80. The van der Waals surface area contributed by atoms with Crippen molar-refractivity contribution in [3.05, 3.63) is 63.1 Å². The van der Waals surface area contributed by atoms with E-state index in [0.717, 1.165) is 11.1 Å². The molecule has 0 saturated carbocycles. The maximum absolute atomic E-state index is 12.7. The molecule has 0 spiro atoms. The Morgan fingerprint density at radius 2 is 1.71 bits per heavy atom. The summed E-state index contributed by atoms with van der Waals surface area (Å²) in [5.74, 6) is -0.206. The lowest BCUT2D eigenvalue weighted by Crippen LogP contribution is -2.49. The second-order valence-corrected chi connectivity index (χ2v) is 9.23. The number of aromatic hydroxyl groups is 1. The largest absolute Gasteiger partial charge is 0.503 e. The number of amides is 1. The number of aromatic nitrogens is 1. The number of ether oxygens (including phenoxy) is 1. The summed E-state index contributed by atoms with van der Waals surface area (Å²) < 4.78 is 6.97. The van der Waals surface area contributed by atoms with Crippen LogP contribution in [0, 0.1) is 13.8 Å². The van der Waals surface area contributed by atoms with Crippen molar-refractivity contribution in [3.8, 4) is 5.75 Å². The Balaban J connectivity index is 1.63. The predicted octanol–water partition coefficient (Wildman–Crippen LogP) is 3.27. The van der Waals surface area contributed by atoms with E-state index in [-0.39, 0.29) is 17.4 Å². The van der Waals surface area contributed by atoms with Gasteiger partial charge in [-0.15, -0.1) is 0 Å². The van der Waals surface area contributed by atoms with Gasteiger partial charge in [0.15, 0.2) is 5.75 Å². The minimum Gasteiger partial charge on any atom is -0.503 e. The molecule has 1 N–H and O–H groups in total. The van der Waals surface area contributed by atoms with Crippen LogP contribution in [-0.2, 0) is 17.8 Å². The molecule has 2 aromatic rings. The van der Waals surface area contributed by atoms with Gasteiger partial charge in [-0.1, -0.05) is 18.2 Å². The highest BCUT2D eigenvalue weighted by Crippen LogP contribution is 2.18. The van der Waals surface area contributed by atoms with E-state index < -0.39 is 5.60 Å². The van der Waals surface area contributed by atoms with Gasteiger partial charge in [-0.25, -0.2) is 4.79 Å². The highest BCUT2D eigenvalue weighted by Gasteiger charge is 2.26. The van der Waals surface area contributed by atoms with Crippen molar-refractivity contribution in [2.45, 2.75) is 53.3 Å². The monoisotopic (exact) mass is 427 g/mol. The molecule has 1 aromatic carbocycles. The molecule has 1 fully saturated rings. The van der Waals surface area contributed by atoms with Gasteiger partial charge in [-0.3, -0.25) is 9.69 Å². The van der Waals surface area contributed by atoms with E-state index >= 15 is 0 Å². The molecule has 1 aliphatic heterocycles. The fraction of sp³-hybridized carbons (Fsp3) is 0.500. The van der Waals surface area contributed by atoms with Gasteiger partial charge in [0, 0.05) is 44.5 Å².